The zero-order valence-electron chi connectivity index (χ0n) is 15.0. The maximum Gasteiger partial charge on any atom is 0.302 e. The minimum absolute atomic E-state index is 0.211. The number of carbonyl (C=O) groups is 3. The largest absolute Gasteiger partial charge is 0.466 e. The molecule has 0 aromatic rings. The molecule has 136 valence electrons. The lowest BCUT2D eigenvalue weighted by Crippen LogP contribution is -1.95. The first-order valence-corrected chi connectivity index (χ1v) is 6.61. The van der Waals surface area contributed by atoms with Crippen LogP contribution in [0.4, 0.5) is 0 Å². The Balaban J connectivity index is -0.0000000588. The van der Waals surface area contributed by atoms with E-state index in [-0.39, 0.29) is 17.9 Å². The molecule has 0 fully saturated rings. The number of esters is 3. The molecule has 0 bridgehead atoms. The highest BCUT2D eigenvalue weighted by Crippen LogP contribution is 1.70. The van der Waals surface area contributed by atoms with E-state index in [2.05, 4.69) is 14.2 Å². The van der Waals surface area contributed by atoms with Gasteiger partial charge in [0, 0.05) is 35.0 Å². The van der Waals surface area contributed by atoms with Crippen LogP contribution in [-0.4, -0.2) is 62.2 Å². The lowest BCUT2D eigenvalue weighted by molar-refractivity contribution is -0.141. The van der Waals surface area contributed by atoms with Crippen molar-refractivity contribution in [1.29, 1.82) is 0 Å². The number of hydrogen-bond donors (Lipinski definition) is 2. The molecule has 0 aliphatic carbocycles. The zero-order chi connectivity index (χ0) is 19.0. The van der Waals surface area contributed by atoms with Crippen molar-refractivity contribution >= 4 is 17.9 Å². The van der Waals surface area contributed by atoms with Gasteiger partial charge in [0.05, 0.1) is 19.8 Å². The third-order valence-corrected chi connectivity index (χ3v) is 1.04. The average molecular weight is 328 g/mol. The molecular formula is C14H32O8. The summed E-state index contributed by atoms with van der Waals surface area (Å²) in [7, 11) is 2.00. The van der Waals surface area contributed by atoms with Gasteiger partial charge in [-0.05, 0) is 20.8 Å². The molecular weight excluding hydrogens is 296 g/mol. The predicted molar refractivity (Wildman–Crippen MR) is 83.2 cm³/mol. The first-order chi connectivity index (χ1) is 10.3. The van der Waals surface area contributed by atoms with Crippen LogP contribution < -0.4 is 0 Å². The van der Waals surface area contributed by atoms with Crippen LogP contribution in [0.3, 0.4) is 0 Å². The standard InChI is InChI=1S/3C4H8O2.2CH4O/c3*1-3-6-4(2)5;2*1-2/h3*3H2,1-2H3;2*2H,1H3. The van der Waals surface area contributed by atoms with Gasteiger partial charge in [-0.15, -0.1) is 0 Å². The Bertz CT molecular complexity index is 191. The minimum atomic E-state index is -0.211. The van der Waals surface area contributed by atoms with Crippen LogP contribution in [0.15, 0.2) is 0 Å². The summed E-state index contributed by atoms with van der Waals surface area (Å²) in [6.07, 6.45) is 0. The molecule has 0 aromatic heterocycles. The summed E-state index contributed by atoms with van der Waals surface area (Å²) in [5.41, 5.74) is 0. The van der Waals surface area contributed by atoms with Crippen molar-refractivity contribution in [2.75, 3.05) is 34.0 Å². The molecule has 0 unspecified atom stereocenters. The third kappa shape index (κ3) is 102. The van der Waals surface area contributed by atoms with E-state index in [0.29, 0.717) is 19.8 Å². The fraction of sp³-hybridized carbons (Fsp3) is 0.786. The van der Waals surface area contributed by atoms with E-state index >= 15 is 0 Å². The molecule has 0 saturated heterocycles. The van der Waals surface area contributed by atoms with Crippen molar-refractivity contribution in [3.63, 3.8) is 0 Å². The van der Waals surface area contributed by atoms with Gasteiger partial charge >= 0.3 is 17.9 Å². The van der Waals surface area contributed by atoms with Gasteiger partial charge in [-0.2, -0.15) is 0 Å². The van der Waals surface area contributed by atoms with Gasteiger partial charge in [0.25, 0.3) is 0 Å². The number of aliphatic hydroxyl groups excluding tert-OH is 2. The maximum atomic E-state index is 9.82. The van der Waals surface area contributed by atoms with Gasteiger partial charge in [-0.1, -0.05) is 0 Å². The van der Waals surface area contributed by atoms with Crippen molar-refractivity contribution in [3.05, 3.63) is 0 Å². The number of rotatable bonds is 3. The van der Waals surface area contributed by atoms with Crippen LogP contribution in [0.25, 0.3) is 0 Å². The van der Waals surface area contributed by atoms with E-state index in [0.717, 1.165) is 14.2 Å². The molecule has 0 aliphatic rings. The molecule has 0 radical (unpaired) electrons. The second kappa shape index (κ2) is 36.6. The van der Waals surface area contributed by atoms with Crippen molar-refractivity contribution in [2.45, 2.75) is 41.5 Å². The number of carbonyl (C=O) groups excluding carboxylic acids is 3. The molecule has 0 saturated carbocycles. The fourth-order valence-corrected chi connectivity index (χ4v) is 0.610. The van der Waals surface area contributed by atoms with E-state index in [9.17, 15) is 14.4 Å². The Labute approximate surface area is 133 Å². The Morgan fingerprint density at radius 1 is 0.591 bits per heavy atom. The maximum absolute atomic E-state index is 9.82. The van der Waals surface area contributed by atoms with E-state index in [1.54, 1.807) is 20.8 Å². The Morgan fingerprint density at radius 2 is 0.727 bits per heavy atom. The predicted octanol–water partition coefficient (Wildman–Crippen LogP) is 0.925. The highest BCUT2D eigenvalue weighted by molar-refractivity contribution is 5.66. The lowest BCUT2D eigenvalue weighted by Gasteiger charge is -1.89. The first-order valence-electron chi connectivity index (χ1n) is 6.61. The van der Waals surface area contributed by atoms with Crippen molar-refractivity contribution in [3.8, 4) is 0 Å². The minimum Gasteiger partial charge on any atom is -0.466 e. The summed E-state index contributed by atoms with van der Waals surface area (Å²) in [5, 5.41) is 14.0. The van der Waals surface area contributed by atoms with E-state index in [1.807, 2.05) is 0 Å². The number of aliphatic hydroxyl groups is 2. The van der Waals surface area contributed by atoms with Crippen molar-refractivity contribution in [2.24, 2.45) is 0 Å². The highest BCUT2D eigenvalue weighted by atomic mass is 16.5. The highest BCUT2D eigenvalue weighted by Gasteiger charge is 1.82. The quantitative estimate of drug-likeness (QED) is 0.580. The Morgan fingerprint density at radius 3 is 0.727 bits per heavy atom. The topological polar surface area (TPSA) is 119 Å². The summed E-state index contributed by atoms with van der Waals surface area (Å²) in [5.74, 6) is -0.632. The Kier molecular flexibility index (Phi) is 53.7. The van der Waals surface area contributed by atoms with Crippen molar-refractivity contribution in [1.82, 2.24) is 0 Å². The SMILES string of the molecule is CCOC(C)=O.CCOC(C)=O.CCOC(C)=O.CO.CO. The molecule has 8 heteroatoms. The molecule has 22 heavy (non-hydrogen) atoms. The van der Waals surface area contributed by atoms with Crippen LogP contribution in [-0.2, 0) is 28.6 Å². The molecule has 0 aromatic carbocycles. The average Bonchev–Trinajstić information content (AvgIpc) is 2.44. The molecule has 0 rings (SSSR count). The molecule has 0 heterocycles. The normalized spacial score (nSPS) is 6.82. The van der Waals surface area contributed by atoms with Crippen LogP contribution in [0, 0.1) is 0 Å². The van der Waals surface area contributed by atoms with Crippen LogP contribution in [0.5, 0.6) is 0 Å². The second-order valence-corrected chi connectivity index (χ2v) is 2.77. The fourth-order valence-electron chi connectivity index (χ4n) is 0.610. The summed E-state index contributed by atoms with van der Waals surface area (Å²) in [6, 6.07) is 0. The summed E-state index contributed by atoms with van der Waals surface area (Å²) in [4.78, 5) is 29.5. The van der Waals surface area contributed by atoms with Crippen LogP contribution in [0.1, 0.15) is 41.5 Å². The van der Waals surface area contributed by atoms with Crippen LogP contribution in [0.2, 0.25) is 0 Å². The lowest BCUT2D eigenvalue weighted by atomic mass is 10.8. The zero-order valence-corrected chi connectivity index (χ0v) is 15.0. The molecule has 8 nitrogen and oxygen atoms in total. The first kappa shape index (κ1) is 32.3. The second-order valence-electron chi connectivity index (χ2n) is 2.77. The van der Waals surface area contributed by atoms with E-state index in [4.69, 9.17) is 10.2 Å². The number of ether oxygens (including phenoxy) is 3. The molecule has 0 aliphatic heterocycles. The van der Waals surface area contributed by atoms with Gasteiger partial charge in [0.15, 0.2) is 0 Å². The van der Waals surface area contributed by atoms with Gasteiger partial charge in [0.2, 0.25) is 0 Å². The van der Waals surface area contributed by atoms with Gasteiger partial charge < -0.3 is 24.4 Å². The number of hydrogen-bond acceptors (Lipinski definition) is 8. The summed E-state index contributed by atoms with van der Waals surface area (Å²) >= 11 is 0. The molecule has 2 N–H and O–H groups in total. The Hall–Kier alpha value is -1.67. The summed E-state index contributed by atoms with van der Waals surface area (Å²) in [6.45, 7) is 11.0. The summed E-state index contributed by atoms with van der Waals surface area (Å²) < 4.78 is 13.2. The molecule has 0 atom stereocenters. The van der Waals surface area contributed by atoms with Gasteiger partial charge in [-0.25, -0.2) is 0 Å². The van der Waals surface area contributed by atoms with E-state index < -0.39 is 0 Å². The monoisotopic (exact) mass is 328 g/mol. The smallest absolute Gasteiger partial charge is 0.302 e. The molecule has 0 spiro atoms. The third-order valence-electron chi connectivity index (χ3n) is 1.04. The van der Waals surface area contributed by atoms with E-state index in [1.165, 1.54) is 20.8 Å². The molecule has 0 amide bonds. The van der Waals surface area contributed by atoms with Crippen molar-refractivity contribution < 1.29 is 38.8 Å². The van der Waals surface area contributed by atoms with Crippen LogP contribution >= 0.6 is 0 Å². The van der Waals surface area contributed by atoms with Gasteiger partial charge in [0.1, 0.15) is 0 Å². The van der Waals surface area contributed by atoms with Gasteiger partial charge in [-0.3, -0.25) is 14.4 Å².